The summed E-state index contributed by atoms with van der Waals surface area (Å²) in [4.78, 5) is 16.1. The number of carbonyl (C=O) groups excluding carboxylic acids is 1. The summed E-state index contributed by atoms with van der Waals surface area (Å²) >= 11 is 6.23. The van der Waals surface area contributed by atoms with Gasteiger partial charge in [0.05, 0.1) is 6.61 Å². The number of rotatable bonds is 6. The zero-order chi connectivity index (χ0) is 21.2. The second kappa shape index (κ2) is 8.50. The quantitative estimate of drug-likeness (QED) is 0.489. The lowest BCUT2D eigenvalue weighted by molar-refractivity contribution is 0.0914. The van der Waals surface area contributed by atoms with Crippen molar-refractivity contribution in [3.63, 3.8) is 0 Å². The smallest absolute Gasteiger partial charge is 0.268 e. The van der Waals surface area contributed by atoms with Crippen molar-refractivity contribution in [2.24, 2.45) is 0 Å². The van der Waals surface area contributed by atoms with Crippen LogP contribution in [0.5, 0.6) is 5.75 Å². The molecule has 0 aliphatic heterocycles. The highest BCUT2D eigenvalue weighted by Gasteiger charge is 2.21. The van der Waals surface area contributed by atoms with Crippen LogP contribution in [-0.2, 0) is 6.42 Å². The van der Waals surface area contributed by atoms with Crippen molar-refractivity contribution in [1.82, 2.24) is 10.3 Å². The van der Waals surface area contributed by atoms with Crippen molar-refractivity contribution in [1.29, 1.82) is 0 Å². The van der Waals surface area contributed by atoms with Crippen LogP contribution >= 0.6 is 11.6 Å². The second-order valence-corrected chi connectivity index (χ2v) is 8.93. The largest absolute Gasteiger partial charge is 0.494 e. The molecule has 3 rings (SSSR count). The van der Waals surface area contributed by atoms with Gasteiger partial charge in [-0.05, 0) is 82.3 Å². The normalized spacial score (nSPS) is 11.7. The molecule has 0 saturated heterocycles. The van der Waals surface area contributed by atoms with E-state index in [2.05, 4.69) is 16.4 Å². The Morgan fingerprint density at radius 3 is 2.45 bits per heavy atom. The predicted octanol–water partition coefficient (Wildman–Crippen LogP) is 5.98. The zero-order valence-electron chi connectivity index (χ0n) is 17.8. The molecule has 0 radical (unpaired) electrons. The Morgan fingerprint density at radius 2 is 1.79 bits per heavy atom. The molecule has 0 aliphatic carbocycles. The SMILES string of the molecule is Cc1cc(OCCCc2c(C(=O)NC(C)(C)C)[nH]c3ccccc23)cc(C)c1Cl. The molecule has 2 N–H and O–H groups in total. The molecule has 0 fully saturated rings. The average molecular weight is 413 g/mol. The molecule has 0 saturated carbocycles. The van der Waals surface area contributed by atoms with Gasteiger partial charge in [-0.25, -0.2) is 0 Å². The Labute approximate surface area is 177 Å². The molecule has 3 aromatic rings. The predicted molar refractivity (Wildman–Crippen MR) is 120 cm³/mol. The zero-order valence-corrected chi connectivity index (χ0v) is 18.5. The van der Waals surface area contributed by atoms with E-state index < -0.39 is 0 Å². The number of hydrogen-bond acceptors (Lipinski definition) is 2. The lowest BCUT2D eigenvalue weighted by Crippen LogP contribution is -2.41. The maximum absolute atomic E-state index is 12.8. The van der Waals surface area contributed by atoms with Gasteiger partial charge < -0.3 is 15.0 Å². The van der Waals surface area contributed by atoms with Gasteiger partial charge in [-0.1, -0.05) is 29.8 Å². The van der Waals surface area contributed by atoms with Gasteiger partial charge in [0, 0.05) is 21.5 Å². The molecule has 0 unspecified atom stereocenters. The maximum Gasteiger partial charge on any atom is 0.268 e. The molecule has 4 nitrogen and oxygen atoms in total. The van der Waals surface area contributed by atoms with E-state index in [1.54, 1.807) is 0 Å². The summed E-state index contributed by atoms with van der Waals surface area (Å²) in [7, 11) is 0. The number of halogens is 1. The lowest BCUT2D eigenvalue weighted by Gasteiger charge is -2.20. The summed E-state index contributed by atoms with van der Waals surface area (Å²) in [6.07, 6.45) is 1.56. The van der Waals surface area contributed by atoms with Gasteiger partial charge in [0.2, 0.25) is 0 Å². The van der Waals surface area contributed by atoms with Crippen molar-refractivity contribution in [2.45, 2.75) is 53.0 Å². The summed E-state index contributed by atoms with van der Waals surface area (Å²) in [5.41, 5.74) is 4.39. The van der Waals surface area contributed by atoms with Gasteiger partial charge in [-0.3, -0.25) is 4.79 Å². The van der Waals surface area contributed by atoms with Crippen LogP contribution in [-0.4, -0.2) is 23.0 Å². The average Bonchev–Trinajstić information content (AvgIpc) is 3.01. The minimum Gasteiger partial charge on any atom is -0.494 e. The van der Waals surface area contributed by atoms with E-state index >= 15 is 0 Å². The Bertz CT molecular complexity index is 1010. The van der Waals surface area contributed by atoms with Crippen LogP contribution < -0.4 is 10.1 Å². The van der Waals surface area contributed by atoms with E-state index in [1.165, 1.54) is 0 Å². The van der Waals surface area contributed by atoms with Gasteiger partial charge in [-0.15, -0.1) is 0 Å². The number of para-hydroxylation sites is 1. The number of ether oxygens (including phenoxy) is 1. The van der Waals surface area contributed by atoms with E-state index in [0.29, 0.717) is 12.3 Å². The number of fused-ring (bicyclic) bond motifs is 1. The first-order valence-electron chi connectivity index (χ1n) is 9.97. The summed E-state index contributed by atoms with van der Waals surface area (Å²) in [5, 5.41) is 4.93. The number of nitrogens with one attached hydrogen (secondary N) is 2. The highest BCUT2D eigenvalue weighted by Crippen LogP contribution is 2.27. The number of aromatic nitrogens is 1. The Balaban J connectivity index is 1.74. The first-order chi connectivity index (χ1) is 13.7. The molecule has 1 aromatic heterocycles. The number of aryl methyl sites for hydroxylation is 3. The number of carbonyl (C=O) groups is 1. The summed E-state index contributed by atoms with van der Waals surface area (Å²) in [5.74, 6) is 0.752. The molecule has 29 heavy (non-hydrogen) atoms. The molecule has 0 atom stereocenters. The van der Waals surface area contributed by atoms with Crippen molar-refractivity contribution in [2.75, 3.05) is 6.61 Å². The van der Waals surface area contributed by atoms with Crippen LogP contribution in [0.15, 0.2) is 36.4 Å². The fraction of sp³-hybridized carbons (Fsp3) is 0.375. The first kappa shape index (κ1) is 21.3. The second-order valence-electron chi connectivity index (χ2n) is 8.55. The number of aromatic amines is 1. The minimum absolute atomic E-state index is 0.0754. The van der Waals surface area contributed by atoms with Crippen LogP contribution in [0.3, 0.4) is 0 Å². The topological polar surface area (TPSA) is 54.1 Å². The highest BCUT2D eigenvalue weighted by molar-refractivity contribution is 6.32. The fourth-order valence-electron chi connectivity index (χ4n) is 3.49. The van der Waals surface area contributed by atoms with Crippen LogP contribution in [0.2, 0.25) is 5.02 Å². The summed E-state index contributed by atoms with van der Waals surface area (Å²) < 4.78 is 5.94. The lowest BCUT2D eigenvalue weighted by atomic mass is 10.0. The monoisotopic (exact) mass is 412 g/mol. The molecule has 154 valence electrons. The molecule has 0 bridgehead atoms. The van der Waals surface area contributed by atoms with Crippen LogP contribution in [0.25, 0.3) is 10.9 Å². The third-order valence-electron chi connectivity index (χ3n) is 4.78. The van der Waals surface area contributed by atoms with Gasteiger partial charge in [0.1, 0.15) is 11.4 Å². The molecular formula is C24H29ClN2O2. The van der Waals surface area contributed by atoms with E-state index in [0.717, 1.165) is 51.2 Å². The van der Waals surface area contributed by atoms with E-state index in [9.17, 15) is 4.79 Å². The Hall–Kier alpha value is -2.46. The Morgan fingerprint density at radius 1 is 1.14 bits per heavy atom. The van der Waals surface area contributed by atoms with Gasteiger partial charge in [0.15, 0.2) is 0 Å². The van der Waals surface area contributed by atoms with Crippen LogP contribution in [0.4, 0.5) is 0 Å². The molecule has 5 heteroatoms. The third kappa shape index (κ3) is 5.13. The van der Waals surface area contributed by atoms with Crippen molar-refractivity contribution in [3.8, 4) is 5.75 Å². The van der Waals surface area contributed by atoms with Gasteiger partial charge in [-0.2, -0.15) is 0 Å². The highest BCUT2D eigenvalue weighted by atomic mass is 35.5. The Kier molecular flexibility index (Phi) is 6.23. The molecular weight excluding hydrogens is 384 g/mol. The summed E-state index contributed by atoms with van der Waals surface area (Å²) in [6, 6.07) is 12.0. The fourth-order valence-corrected chi connectivity index (χ4v) is 3.59. The van der Waals surface area contributed by atoms with Crippen molar-refractivity contribution >= 4 is 28.4 Å². The van der Waals surface area contributed by atoms with Gasteiger partial charge >= 0.3 is 0 Å². The molecule has 1 amide bonds. The van der Waals surface area contributed by atoms with Gasteiger partial charge in [0.25, 0.3) is 5.91 Å². The first-order valence-corrected chi connectivity index (χ1v) is 10.3. The van der Waals surface area contributed by atoms with E-state index in [-0.39, 0.29) is 11.4 Å². The standard InChI is InChI=1S/C24H29ClN2O2/c1-15-13-17(14-16(2)21(15)25)29-12-8-10-19-18-9-6-7-11-20(18)26-22(19)23(28)27-24(3,4)5/h6-7,9,11,13-14,26H,8,10,12H2,1-5H3,(H,27,28). The van der Waals surface area contributed by atoms with Crippen LogP contribution in [0, 0.1) is 13.8 Å². The van der Waals surface area contributed by atoms with E-state index in [4.69, 9.17) is 16.3 Å². The number of hydrogen-bond donors (Lipinski definition) is 2. The number of benzene rings is 2. The summed E-state index contributed by atoms with van der Waals surface area (Å²) in [6.45, 7) is 10.5. The van der Waals surface area contributed by atoms with Crippen LogP contribution in [0.1, 0.15) is 54.4 Å². The molecule has 2 aromatic carbocycles. The van der Waals surface area contributed by atoms with Crippen molar-refractivity contribution in [3.05, 3.63) is 63.8 Å². The van der Waals surface area contributed by atoms with Crippen molar-refractivity contribution < 1.29 is 9.53 Å². The van der Waals surface area contributed by atoms with E-state index in [1.807, 2.05) is 65.0 Å². The molecule has 1 heterocycles. The molecule has 0 spiro atoms. The molecule has 0 aliphatic rings. The third-order valence-corrected chi connectivity index (χ3v) is 5.38. The maximum atomic E-state index is 12.8. The number of H-pyrrole nitrogens is 1. The minimum atomic E-state index is -0.293. The number of amides is 1.